The number of aliphatic hydroxyl groups is 2. The minimum absolute atomic E-state index is 0.0876. The molecule has 1 aliphatic heterocycles. The predicted molar refractivity (Wildman–Crippen MR) is 59.1 cm³/mol. The van der Waals surface area contributed by atoms with Crippen molar-refractivity contribution in [2.45, 2.75) is 51.3 Å². The van der Waals surface area contributed by atoms with E-state index in [0.717, 1.165) is 0 Å². The highest BCUT2D eigenvalue weighted by molar-refractivity contribution is 5.69. The van der Waals surface area contributed by atoms with Gasteiger partial charge in [-0.2, -0.15) is 0 Å². The van der Waals surface area contributed by atoms with Crippen LogP contribution in [-0.2, 0) is 4.74 Å². The van der Waals surface area contributed by atoms with Crippen molar-refractivity contribution >= 4 is 6.09 Å². The normalized spacial score (nSPS) is 25.9. The average molecular weight is 231 g/mol. The Bertz CT molecular complexity index is 237. The summed E-state index contributed by atoms with van der Waals surface area (Å²) < 4.78 is 5.25. The van der Waals surface area contributed by atoms with Crippen LogP contribution in [0.5, 0.6) is 0 Å². The summed E-state index contributed by atoms with van der Waals surface area (Å²) in [6.45, 7) is 5.21. The number of hydrogen-bond acceptors (Lipinski definition) is 4. The highest BCUT2D eigenvalue weighted by Gasteiger charge is 2.38. The van der Waals surface area contributed by atoms with Gasteiger partial charge in [0.2, 0.25) is 0 Å². The van der Waals surface area contributed by atoms with Gasteiger partial charge in [0.25, 0.3) is 0 Å². The number of carbonyl (C=O) groups excluding carboxylic acids is 1. The zero-order chi connectivity index (χ0) is 12.3. The van der Waals surface area contributed by atoms with Crippen LogP contribution in [0.25, 0.3) is 0 Å². The van der Waals surface area contributed by atoms with E-state index in [9.17, 15) is 4.79 Å². The van der Waals surface area contributed by atoms with Crippen molar-refractivity contribution in [3.63, 3.8) is 0 Å². The van der Waals surface area contributed by atoms with Crippen LogP contribution in [0.4, 0.5) is 4.79 Å². The number of ether oxygens (including phenoxy) is 1. The Hall–Kier alpha value is -0.810. The maximum Gasteiger partial charge on any atom is 0.410 e. The van der Waals surface area contributed by atoms with Gasteiger partial charge in [0.15, 0.2) is 0 Å². The Morgan fingerprint density at radius 3 is 2.00 bits per heavy atom. The first-order valence-electron chi connectivity index (χ1n) is 5.62. The molecule has 16 heavy (non-hydrogen) atoms. The molecule has 0 aromatic carbocycles. The molecule has 0 radical (unpaired) electrons. The van der Waals surface area contributed by atoms with Gasteiger partial charge in [-0.05, 0) is 33.6 Å². The van der Waals surface area contributed by atoms with Gasteiger partial charge in [-0.1, -0.05) is 0 Å². The van der Waals surface area contributed by atoms with Crippen molar-refractivity contribution in [1.29, 1.82) is 0 Å². The maximum atomic E-state index is 11.9. The van der Waals surface area contributed by atoms with E-state index in [0.29, 0.717) is 12.8 Å². The molecule has 0 saturated carbocycles. The van der Waals surface area contributed by atoms with E-state index in [1.54, 1.807) is 20.8 Å². The van der Waals surface area contributed by atoms with Gasteiger partial charge < -0.3 is 14.9 Å². The number of rotatable bonds is 2. The molecule has 0 unspecified atom stereocenters. The molecule has 1 heterocycles. The first-order valence-corrected chi connectivity index (χ1v) is 5.62. The SMILES string of the molecule is CC(C)(C)OC(=O)N1[C@H](CO)CC[C@@H]1CO. The molecule has 2 N–H and O–H groups in total. The van der Waals surface area contributed by atoms with Crippen molar-refractivity contribution in [3.05, 3.63) is 0 Å². The Kier molecular flexibility index (Phi) is 4.15. The molecule has 0 aliphatic carbocycles. The summed E-state index contributed by atoms with van der Waals surface area (Å²) in [4.78, 5) is 13.3. The summed E-state index contributed by atoms with van der Waals surface area (Å²) in [6.07, 6.45) is 0.963. The van der Waals surface area contributed by atoms with E-state index in [1.807, 2.05) is 0 Å². The molecule has 0 bridgehead atoms. The number of hydrogen-bond donors (Lipinski definition) is 2. The molecule has 5 heteroatoms. The maximum absolute atomic E-state index is 11.9. The number of carbonyl (C=O) groups is 1. The second kappa shape index (κ2) is 5.01. The quantitative estimate of drug-likeness (QED) is 0.735. The van der Waals surface area contributed by atoms with Crippen molar-refractivity contribution in [2.24, 2.45) is 0 Å². The van der Waals surface area contributed by atoms with Gasteiger partial charge in [0.05, 0.1) is 25.3 Å². The Morgan fingerprint density at radius 1 is 1.25 bits per heavy atom. The first kappa shape index (κ1) is 13.3. The standard InChI is InChI=1S/C11H21NO4/c1-11(2,3)16-10(15)12-8(6-13)4-5-9(12)7-14/h8-9,13-14H,4-7H2,1-3H3/t8-,9+. The molecule has 0 aromatic heterocycles. The van der Waals surface area contributed by atoms with Gasteiger partial charge in [-0.3, -0.25) is 4.90 Å². The molecule has 1 rings (SSSR count). The van der Waals surface area contributed by atoms with Crippen LogP contribution in [-0.4, -0.2) is 52.1 Å². The molecule has 1 aliphatic rings. The van der Waals surface area contributed by atoms with Crippen LogP contribution in [0.2, 0.25) is 0 Å². The number of aliphatic hydroxyl groups excluding tert-OH is 2. The number of nitrogens with zero attached hydrogens (tertiary/aromatic N) is 1. The fraction of sp³-hybridized carbons (Fsp3) is 0.909. The Labute approximate surface area is 96.0 Å². The molecule has 0 spiro atoms. The highest BCUT2D eigenvalue weighted by atomic mass is 16.6. The van der Waals surface area contributed by atoms with Gasteiger partial charge >= 0.3 is 6.09 Å². The second-order valence-electron chi connectivity index (χ2n) is 5.14. The summed E-state index contributed by atoms with van der Waals surface area (Å²) in [7, 11) is 0. The van der Waals surface area contributed by atoms with Crippen LogP contribution in [0, 0.1) is 0 Å². The van der Waals surface area contributed by atoms with Crippen LogP contribution in [0.1, 0.15) is 33.6 Å². The lowest BCUT2D eigenvalue weighted by Gasteiger charge is -2.31. The number of likely N-dealkylation sites (tertiary alicyclic amines) is 1. The van der Waals surface area contributed by atoms with E-state index < -0.39 is 11.7 Å². The lowest BCUT2D eigenvalue weighted by Crippen LogP contribution is -2.46. The van der Waals surface area contributed by atoms with E-state index in [1.165, 1.54) is 4.90 Å². The Morgan fingerprint density at radius 2 is 1.69 bits per heavy atom. The van der Waals surface area contributed by atoms with E-state index in [2.05, 4.69) is 0 Å². The summed E-state index contributed by atoms with van der Waals surface area (Å²) >= 11 is 0. The van der Waals surface area contributed by atoms with Crippen molar-refractivity contribution in [1.82, 2.24) is 4.90 Å². The first-order chi connectivity index (χ1) is 7.39. The van der Waals surface area contributed by atoms with Crippen molar-refractivity contribution in [3.8, 4) is 0 Å². The van der Waals surface area contributed by atoms with Gasteiger partial charge in [-0.25, -0.2) is 4.79 Å². The third-order valence-electron chi connectivity index (χ3n) is 2.65. The third-order valence-corrected chi connectivity index (χ3v) is 2.65. The van der Waals surface area contributed by atoms with Crippen LogP contribution in [0.3, 0.4) is 0 Å². The second-order valence-corrected chi connectivity index (χ2v) is 5.14. The van der Waals surface area contributed by atoms with E-state index >= 15 is 0 Å². The molecule has 1 saturated heterocycles. The van der Waals surface area contributed by atoms with E-state index in [-0.39, 0.29) is 25.3 Å². The van der Waals surface area contributed by atoms with Crippen LogP contribution in [0.15, 0.2) is 0 Å². The molecule has 1 fully saturated rings. The minimum atomic E-state index is -0.556. The molecular weight excluding hydrogens is 210 g/mol. The predicted octanol–water partition coefficient (Wildman–Crippen LogP) is 0.739. The summed E-state index contributed by atoms with van der Waals surface area (Å²) in [5.74, 6) is 0. The molecular formula is C11H21NO4. The monoisotopic (exact) mass is 231 g/mol. The largest absolute Gasteiger partial charge is 0.444 e. The van der Waals surface area contributed by atoms with E-state index in [4.69, 9.17) is 14.9 Å². The van der Waals surface area contributed by atoms with Gasteiger partial charge in [-0.15, -0.1) is 0 Å². The number of amides is 1. The van der Waals surface area contributed by atoms with Gasteiger partial charge in [0.1, 0.15) is 5.60 Å². The average Bonchev–Trinajstić information content (AvgIpc) is 2.57. The summed E-state index contributed by atoms with van der Waals surface area (Å²) in [6, 6.07) is -0.459. The molecule has 5 nitrogen and oxygen atoms in total. The zero-order valence-electron chi connectivity index (χ0n) is 10.1. The fourth-order valence-electron chi connectivity index (χ4n) is 1.93. The molecule has 94 valence electrons. The fourth-order valence-corrected chi connectivity index (χ4v) is 1.93. The minimum Gasteiger partial charge on any atom is -0.444 e. The summed E-state index contributed by atoms with van der Waals surface area (Å²) in [5.41, 5.74) is -0.556. The van der Waals surface area contributed by atoms with Crippen LogP contribution >= 0.6 is 0 Å². The lowest BCUT2D eigenvalue weighted by molar-refractivity contribution is 0.00321. The van der Waals surface area contributed by atoms with Crippen LogP contribution < -0.4 is 0 Å². The topological polar surface area (TPSA) is 70.0 Å². The molecule has 0 aromatic rings. The molecule has 1 amide bonds. The Balaban J connectivity index is 2.70. The summed E-state index contributed by atoms with van der Waals surface area (Å²) in [5, 5.41) is 18.3. The molecule has 2 atom stereocenters. The van der Waals surface area contributed by atoms with Gasteiger partial charge in [0, 0.05) is 0 Å². The lowest BCUT2D eigenvalue weighted by atomic mass is 10.2. The highest BCUT2D eigenvalue weighted by Crippen LogP contribution is 2.25. The zero-order valence-corrected chi connectivity index (χ0v) is 10.1. The smallest absolute Gasteiger partial charge is 0.410 e. The third kappa shape index (κ3) is 3.09. The van der Waals surface area contributed by atoms with Crippen molar-refractivity contribution < 1.29 is 19.7 Å². The van der Waals surface area contributed by atoms with Crippen molar-refractivity contribution in [2.75, 3.05) is 13.2 Å².